The number of rotatable bonds is 7. The van der Waals surface area contributed by atoms with E-state index in [1.165, 1.54) is 81.5 Å². The maximum Gasteiger partial charge on any atom is 0.0727 e. The number of fused-ring (bicyclic) bond motifs is 6. The highest BCUT2D eigenvalue weighted by Crippen LogP contribution is 2.58. The molecule has 0 saturated carbocycles. The van der Waals surface area contributed by atoms with Crippen LogP contribution in [0, 0.1) is 0 Å². The Morgan fingerprint density at radius 1 is 0.316 bits per heavy atom. The Morgan fingerprint density at radius 2 is 0.737 bits per heavy atom. The molecule has 0 aliphatic heterocycles. The highest BCUT2D eigenvalue weighted by molar-refractivity contribution is 7.26. The number of nitrogens with zero attached hydrogens (tertiary/aromatic N) is 1. The fourth-order valence-electron chi connectivity index (χ4n) is 9.25. The number of anilines is 3. The molecule has 1 aliphatic carbocycles. The Balaban J connectivity index is 1.15. The van der Waals surface area contributed by atoms with E-state index in [0.29, 0.717) is 0 Å². The molecular weight excluding hydrogens is 707 g/mol. The Labute approximate surface area is 337 Å². The van der Waals surface area contributed by atoms with Gasteiger partial charge in [0.1, 0.15) is 0 Å². The van der Waals surface area contributed by atoms with Gasteiger partial charge in [0.05, 0.1) is 15.8 Å². The van der Waals surface area contributed by atoms with E-state index in [2.05, 4.69) is 229 Å². The first-order valence-electron chi connectivity index (χ1n) is 19.6. The van der Waals surface area contributed by atoms with Crippen LogP contribution in [0.5, 0.6) is 0 Å². The van der Waals surface area contributed by atoms with Gasteiger partial charge in [-0.2, -0.15) is 0 Å². The largest absolute Gasteiger partial charge is 0.309 e. The van der Waals surface area contributed by atoms with Crippen LogP contribution >= 0.6 is 11.3 Å². The van der Waals surface area contributed by atoms with Crippen molar-refractivity contribution in [3.8, 4) is 33.4 Å². The maximum absolute atomic E-state index is 2.44. The second-order valence-corrected chi connectivity index (χ2v) is 15.8. The van der Waals surface area contributed by atoms with Crippen molar-refractivity contribution in [1.29, 1.82) is 0 Å². The van der Waals surface area contributed by atoms with E-state index >= 15 is 0 Å². The molecule has 0 N–H and O–H groups in total. The minimum absolute atomic E-state index is 0.477. The fourth-order valence-corrected chi connectivity index (χ4v) is 10.6. The predicted molar refractivity (Wildman–Crippen MR) is 242 cm³/mol. The SMILES string of the molecule is c1ccc(-c2ccc(N(c3ccc(-c4ccccc4)cc3)c3cccc4c3sc3c(C5(c6ccccc6)c6ccccc6-c6ccccc65)cccc34)cc2)cc1. The Kier molecular flexibility index (Phi) is 7.98. The summed E-state index contributed by atoms with van der Waals surface area (Å²) in [5, 5.41) is 2.55. The molecule has 268 valence electrons. The zero-order valence-electron chi connectivity index (χ0n) is 31.2. The van der Waals surface area contributed by atoms with E-state index in [-0.39, 0.29) is 0 Å². The summed E-state index contributed by atoms with van der Waals surface area (Å²) in [4.78, 5) is 2.44. The monoisotopic (exact) mass is 743 g/mol. The molecule has 9 aromatic carbocycles. The molecule has 0 atom stereocenters. The molecule has 11 rings (SSSR count). The highest BCUT2D eigenvalue weighted by atomic mass is 32.1. The predicted octanol–water partition coefficient (Wildman–Crippen LogP) is 15.2. The third-order valence-electron chi connectivity index (χ3n) is 11.8. The molecule has 1 aromatic heterocycles. The average Bonchev–Trinajstić information content (AvgIpc) is 3.83. The highest BCUT2D eigenvalue weighted by Gasteiger charge is 2.47. The standard InChI is InChI=1S/C55H37NS/c1-4-16-38(17-5-1)40-30-34-43(35-31-40)56(44-36-32-41(33-37-44)39-18-6-2-7-19-39)52-29-15-25-48-47-24-14-28-51(53(47)57-54(48)52)55(42-20-8-3-9-21-42)49-26-12-10-22-45(49)46-23-11-13-27-50(46)55/h1-37H. The zero-order chi connectivity index (χ0) is 37.8. The van der Waals surface area contributed by atoms with E-state index in [0.717, 1.165) is 11.4 Å². The van der Waals surface area contributed by atoms with Gasteiger partial charge in [0, 0.05) is 26.8 Å². The van der Waals surface area contributed by atoms with Crippen LogP contribution in [0.3, 0.4) is 0 Å². The summed E-state index contributed by atoms with van der Waals surface area (Å²) in [6.45, 7) is 0. The second kappa shape index (κ2) is 13.6. The Hall–Kier alpha value is -7.00. The molecule has 0 bridgehead atoms. The summed E-state index contributed by atoms with van der Waals surface area (Å²) in [6, 6.07) is 82.3. The molecule has 0 spiro atoms. The quantitative estimate of drug-likeness (QED) is 0.157. The first kappa shape index (κ1) is 33.3. The van der Waals surface area contributed by atoms with E-state index in [1.807, 2.05) is 11.3 Å². The topological polar surface area (TPSA) is 3.24 Å². The summed E-state index contributed by atoms with van der Waals surface area (Å²) in [5.74, 6) is 0. The first-order valence-corrected chi connectivity index (χ1v) is 20.4. The Morgan fingerprint density at radius 3 is 1.28 bits per heavy atom. The van der Waals surface area contributed by atoms with Gasteiger partial charge >= 0.3 is 0 Å². The number of hydrogen-bond acceptors (Lipinski definition) is 2. The van der Waals surface area contributed by atoms with Crippen molar-refractivity contribution in [3.63, 3.8) is 0 Å². The van der Waals surface area contributed by atoms with Gasteiger partial charge in [-0.25, -0.2) is 0 Å². The van der Waals surface area contributed by atoms with Crippen LogP contribution in [0.2, 0.25) is 0 Å². The lowest BCUT2D eigenvalue weighted by Crippen LogP contribution is -2.28. The first-order chi connectivity index (χ1) is 28.3. The number of hydrogen-bond donors (Lipinski definition) is 0. The minimum Gasteiger partial charge on any atom is -0.309 e. The Bertz CT molecular complexity index is 2910. The third kappa shape index (κ3) is 5.29. The van der Waals surface area contributed by atoms with E-state index in [1.54, 1.807) is 0 Å². The molecule has 10 aromatic rings. The maximum atomic E-state index is 2.44. The van der Waals surface area contributed by atoms with Crippen LogP contribution in [0.4, 0.5) is 17.1 Å². The normalized spacial score (nSPS) is 12.7. The molecule has 2 heteroatoms. The number of benzene rings is 9. The molecule has 1 heterocycles. The summed E-state index contributed by atoms with van der Waals surface area (Å²) < 4.78 is 2.58. The molecule has 57 heavy (non-hydrogen) atoms. The van der Waals surface area contributed by atoms with Crippen LogP contribution in [0.15, 0.2) is 224 Å². The van der Waals surface area contributed by atoms with E-state index < -0.39 is 5.41 Å². The lowest BCUT2D eigenvalue weighted by Gasteiger charge is -2.34. The smallest absolute Gasteiger partial charge is 0.0727 e. The summed E-state index contributed by atoms with van der Waals surface area (Å²) in [7, 11) is 0. The van der Waals surface area contributed by atoms with Gasteiger partial charge in [-0.1, -0.05) is 194 Å². The third-order valence-corrected chi connectivity index (χ3v) is 13.0. The van der Waals surface area contributed by atoms with Crippen molar-refractivity contribution in [2.45, 2.75) is 5.41 Å². The summed E-state index contributed by atoms with van der Waals surface area (Å²) in [5.41, 5.74) is 15.6. The summed E-state index contributed by atoms with van der Waals surface area (Å²) >= 11 is 1.92. The van der Waals surface area contributed by atoms with Crippen molar-refractivity contribution in [2.24, 2.45) is 0 Å². The van der Waals surface area contributed by atoms with Crippen LogP contribution < -0.4 is 4.90 Å². The van der Waals surface area contributed by atoms with Gasteiger partial charge in [0.25, 0.3) is 0 Å². The van der Waals surface area contributed by atoms with Crippen LogP contribution in [-0.4, -0.2) is 0 Å². The molecule has 0 amide bonds. The fraction of sp³-hybridized carbons (Fsp3) is 0.0182. The minimum atomic E-state index is -0.477. The van der Waals surface area contributed by atoms with Crippen molar-refractivity contribution in [2.75, 3.05) is 4.90 Å². The van der Waals surface area contributed by atoms with Crippen molar-refractivity contribution < 1.29 is 0 Å². The van der Waals surface area contributed by atoms with Gasteiger partial charge in [-0.05, 0) is 86.0 Å². The van der Waals surface area contributed by atoms with Gasteiger partial charge < -0.3 is 4.90 Å². The lowest BCUT2D eigenvalue weighted by atomic mass is 9.67. The van der Waals surface area contributed by atoms with Gasteiger partial charge in [-0.3, -0.25) is 0 Å². The molecule has 1 aliphatic rings. The van der Waals surface area contributed by atoms with E-state index in [9.17, 15) is 0 Å². The van der Waals surface area contributed by atoms with Crippen LogP contribution in [0.25, 0.3) is 53.6 Å². The molecule has 0 fully saturated rings. The van der Waals surface area contributed by atoms with Crippen LogP contribution in [0.1, 0.15) is 22.3 Å². The van der Waals surface area contributed by atoms with Gasteiger partial charge in [0.15, 0.2) is 0 Å². The number of thiophene rings is 1. The average molecular weight is 744 g/mol. The molecule has 0 saturated heterocycles. The van der Waals surface area contributed by atoms with Crippen LogP contribution in [-0.2, 0) is 5.41 Å². The van der Waals surface area contributed by atoms with Crippen molar-refractivity contribution in [1.82, 2.24) is 0 Å². The van der Waals surface area contributed by atoms with Gasteiger partial charge in [0.2, 0.25) is 0 Å². The molecule has 0 unspecified atom stereocenters. The zero-order valence-corrected chi connectivity index (χ0v) is 32.0. The van der Waals surface area contributed by atoms with Crippen molar-refractivity contribution >= 4 is 48.6 Å². The van der Waals surface area contributed by atoms with Crippen molar-refractivity contribution in [3.05, 3.63) is 247 Å². The molecule has 1 nitrogen and oxygen atoms in total. The molecular formula is C55H37NS. The lowest BCUT2D eigenvalue weighted by molar-refractivity contribution is 0.778. The van der Waals surface area contributed by atoms with Gasteiger partial charge in [-0.15, -0.1) is 11.3 Å². The second-order valence-electron chi connectivity index (χ2n) is 14.8. The van der Waals surface area contributed by atoms with E-state index in [4.69, 9.17) is 0 Å². The molecule has 0 radical (unpaired) electrons. The summed E-state index contributed by atoms with van der Waals surface area (Å²) in [6.07, 6.45) is 0.